The summed E-state index contributed by atoms with van der Waals surface area (Å²) in [5.74, 6) is -0.398. The standard InChI is InChI=1S/C22H28N4O3/c1-2-29-21(28)14-19(18-7-5-13-25-15-18)26-20(27)8-4-3-6-16-9-11-17(12-10-16)22(23)24/h5,7,9-13,15,19H,2-4,6,8,14H2,1H3,(H3,23,24)(H,26,27). The number of nitrogens with two attached hydrogens (primary N) is 1. The number of benzene rings is 1. The van der Waals surface area contributed by atoms with E-state index in [9.17, 15) is 9.59 Å². The SMILES string of the molecule is CCOC(=O)CC(NC(=O)CCCCc1ccc(C(=N)N)cc1)c1cccnc1. The zero-order chi connectivity index (χ0) is 21.1. The maximum Gasteiger partial charge on any atom is 0.308 e. The largest absolute Gasteiger partial charge is 0.466 e. The van der Waals surface area contributed by atoms with Crippen molar-refractivity contribution in [2.75, 3.05) is 6.61 Å². The number of amides is 1. The monoisotopic (exact) mass is 396 g/mol. The molecule has 4 N–H and O–H groups in total. The number of carbonyl (C=O) groups excluding carboxylic acids is 2. The van der Waals surface area contributed by atoms with Gasteiger partial charge in [-0.3, -0.25) is 20.0 Å². The number of nitrogens with zero attached hydrogens (tertiary/aromatic N) is 1. The second-order valence-corrected chi connectivity index (χ2v) is 6.73. The van der Waals surface area contributed by atoms with E-state index in [2.05, 4.69) is 10.3 Å². The van der Waals surface area contributed by atoms with Crippen LogP contribution >= 0.6 is 0 Å². The molecule has 7 heteroatoms. The molecule has 1 unspecified atom stereocenters. The second kappa shape index (κ2) is 11.6. The minimum Gasteiger partial charge on any atom is -0.466 e. The van der Waals surface area contributed by atoms with Crippen LogP contribution in [-0.4, -0.2) is 29.3 Å². The Balaban J connectivity index is 1.81. The summed E-state index contributed by atoms with van der Waals surface area (Å²) in [5, 5.41) is 10.3. The minimum absolute atomic E-state index is 0.0548. The van der Waals surface area contributed by atoms with Gasteiger partial charge < -0.3 is 15.8 Å². The third-order valence-corrected chi connectivity index (χ3v) is 4.48. The molecule has 1 aromatic heterocycles. The number of pyridine rings is 1. The predicted octanol–water partition coefficient (Wildman–Crippen LogP) is 2.89. The molecule has 2 rings (SSSR count). The average Bonchev–Trinajstić information content (AvgIpc) is 2.72. The number of aromatic nitrogens is 1. The Morgan fingerprint density at radius 2 is 1.97 bits per heavy atom. The van der Waals surface area contributed by atoms with Crippen LogP contribution in [0.4, 0.5) is 0 Å². The van der Waals surface area contributed by atoms with Crippen LogP contribution in [-0.2, 0) is 20.7 Å². The Morgan fingerprint density at radius 1 is 1.21 bits per heavy atom. The van der Waals surface area contributed by atoms with Crippen molar-refractivity contribution < 1.29 is 14.3 Å². The van der Waals surface area contributed by atoms with E-state index < -0.39 is 6.04 Å². The van der Waals surface area contributed by atoms with Crippen molar-refractivity contribution in [1.82, 2.24) is 10.3 Å². The smallest absolute Gasteiger partial charge is 0.308 e. The summed E-state index contributed by atoms with van der Waals surface area (Å²) < 4.78 is 5.01. The van der Waals surface area contributed by atoms with Crippen LogP contribution in [0.1, 0.15) is 55.3 Å². The number of aryl methyl sites for hydroxylation is 1. The fraction of sp³-hybridized carbons (Fsp3) is 0.364. The van der Waals surface area contributed by atoms with Gasteiger partial charge in [0.2, 0.25) is 5.91 Å². The summed E-state index contributed by atoms with van der Waals surface area (Å²) in [7, 11) is 0. The summed E-state index contributed by atoms with van der Waals surface area (Å²) in [6.07, 6.45) is 6.20. The van der Waals surface area contributed by atoms with Crippen molar-refractivity contribution >= 4 is 17.7 Å². The van der Waals surface area contributed by atoms with E-state index in [-0.39, 0.29) is 24.1 Å². The molecular formula is C22H28N4O3. The third-order valence-electron chi connectivity index (χ3n) is 4.48. The summed E-state index contributed by atoms with van der Waals surface area (Å²) in [5.41, 5.74) is 8.08. The van der Waals surface area contributed by atoms with E-state index in [0.717, 1.165) is 30.4 Å². The maximum absolute atomic E-state index is 12.4. The second-order valence-electron chi connectivity index (χ2n) is 6.73. The van der Waals surface area contributed by atoms with Crippen molar-refractivity contribution in [2.45, 2.75) is 45.1 Å². The fourth-order valence-electron chi connectivity index (χ4n) is 2.95. The van der Waals surface area contributed by atoms with Gasteiger partial charge >= 0.3 is 5.97 Å². The maximum atomic E-state index is 12.4. The van der Waals surface area contributed by atoms with Gasteiger partial charge in [-0.15, -0.1) is 0 Å². The van der Waals surface area contributed by atoms with E-state index in [0.29, 0.717) is 18.6 Å². The Bertz CT molecular complexity index is 807. The highest BCUT2D eigenvalue weighted by Gasteiger charge is 2.19. The highest BCUT2D eigenvalue weighted by molar-refractivity contribution is 5.94. The Kier molecular flexibility index (Phi) is 8.82. The molecule has 2 aromatic rings. The minimum atomic E-state index is -0.450. The molecule has 0 aliphatic rings. The first-order chi connectivity index (χ1) is 14.0. The van der Waals surface area contributed by atoms with Crippen molar-refractivity contribution in [1.29, 1.82) is 5.41 Å². The number of carbonyl (C=O) groups is 2. The lowest BCUT2D eigenvalue weighted by molar-refractivity contribution is -0.143. The van der Waals surface area contributed by atoms with Crippen molar-refractivity contribution in [3.05, 3.63) is 65.5 Å². The highest BCUT2D eigenvalue weighted by Crippen LogP contribution is 2.17. The van der Waals surface area contributed by atoms with Crippen LogP contribution in [0.3, 0.4) is 0 Å². The molecule has 0 saturated carbocycles. The lowest BCUT2D eigenvalue weighted by Gasteiger charge is -2.18. The summed E-state index contributed by atoms with van der Waals surface area (Å²) in [6, 6.07) is 10.7. The Hall–Kier alpha value is -3.22. The molecule has 1 aromatic carbocycles. The normalized spacial score (nSPS) is 11.5. The molecule has 7 nitrogen and oxygen atoms in total. The third kappa shape index (κ3) is 7.73. The van der Waals surface area contributed by atoms with Crippen LogP contribution in [0.15, 0.2) is 48.8 Å². The molecule has 0 aliphatic carbocycles. The van der Waals surface area contributed by atoms with Gasteiger partial charge in [0.25, 0.3) is 0 Å². The predicted molar refractivity (Wildman–Crippen MR) is 111 cm³/mol. The Morgan fingerprint density at radius 3 is 2.59 bits per heavy atom. The number of amidine groups is 1. The molecular weight excluding hydrogens is 368 g/mol. The van der Waals surface area contributed by atoms with Gasteiger partial charge in [-0.1, -0.05) is 30.3 Å². The van der Waals surface area contributed by atoms with Crippen LogP contribution < -0.4 is 11.1 Å². The van der Waals surface area contributed by atoms with E-state index in [4.69, 9.17) is 15.9 Å². The van der Waals surface area contributed by atoms with E-state index in [1.807, 2.05) is 30.3 Å². The molecule has 0 saturated heterocycles. The molecule has 0 aliphatic heterocycles. The van der Waals surface area contributed by atoms with E-state index in [1.54, 1.807) is 25.4 Å². The van der Waals surface area contributed by atoms with Gasteiger partial charge in [0.15, 0.2) is 0 Å². The van der Waals surface area contributed by atoms with E-state index in [1.165, 1.54) is 0 Å². The highest BCUT2D eigenvalue weighted by atomic mass is 16.5. The van der Waals surface area contributed by atoms with Crippen LogP contribution in [0.5, 0.6) is 0 Å². The zero-order valence-corrected chi connectivity index (χ0v) is 16.7. The van der Waals surface area contributed by atoms with Crippen LogP contribution in [0.25, 0.3) is 0 Å². The number of unbranched alkanes of at least 4 members (excludes halogenated alkanes) is 1. The molecule has 1 atom stereocenters. The topological polar surface area (TPSA) is 118 Å². The number of esters is 1. The molecule has 0 bridgehead atoms. The molecule has 1 amide bonds. The first-order valence-corrected chi connectivity index (χ1v) is 9.77. The summed E-state index contributed by atoms with van der Waals surface area (Å²) in [6.45, 7) is 2.06. The molecule has 0 radical (unpaired) electrons. The molecule has 29 heavy (non-hydrogen) atoms. The van der Waals surface area contributed by atoms with Crippen LogP contribution in [0.2, 0.25) is 0 Å². The lowest BCUT2D eigenvalue weighted by atomic mass is 10.0. The van der Waals surface area contributed by atoms with Crippen LogP contribution in [0, 0.1) is 5.41 Å². The number of hydrogen-bond acceptors (Lipinski definition) is 5. The van der Waals surface area contributed by atoms with Gasteiger partial charge in [0.05, 0.1) is 19.1 Å². The number of nitrogen functional groups attached to an aromatic ring is 1. The quantitative estimate of drug-likeness (QED) is 0.234. The van der Waals surface area contributed by atoms with Gasteiger partial charge in [0, 0.05) is 24.4 Å². The van der Waals surface area contributed by atoms with Crippen molar-refractivity contribution in [2.24, 2.45) is 5.73 Å². The first-order valence-electron chi connectivity index (χ1n) is 9.77. The zero-order valence-electron chi connectivity index (χ0n) is 16.7. The van der Waals surface area contributed by atoms with Crippen molar-refractivity contribution in [3.63, 3.8) is 0 Å². The number of hydrogen-bond donors (Lipinski definition) is 3. The molecule has 0 spiro atoms. The molecule has 0 fully saturated rings. The summed E-state index contributed by atoms with van der Waals surface area (Å²) in [4.78, 5) is 28.3. The van der Waals surface area contributed by atoms with Gasteiger partial charge in [-0.05, 0) is 43.4 Å². The van der Waals surface area contributed by atoms with Gasteiger partial charge in [0.1, 0.15) is 5.84 Å². The lowest BCUT2D eigenvalue weighted by Crippen LogP contribution is -2.30. The fourth-order valence-corrected chi connectivity index (χ4v) is 2.95. The number of rotatable bonds is 11. The average molecular weight is 396 g/mol. The van der Waals surface area contributed by atoms with Gasteiger partial charge in [-0.2, -0.15) is 0 Å². The summed E-state index contributed by atoms with van der Waals surface area (Å²) >= 11 is 0. The van der Waals surface area contributed by atoms with Crippen molar-refractivity contribution in [3.8, 4) is 0 Å². The Labute approximate surface area is 171 Å². The molecule has 1 heterocycles. The molecule has 154 valence electrons. The first kappa shape index (κ1) is 22.1. The van der Waals surface area contributed by atoms with Gasteiger partial charge in [-0.25, -0.2) is 0 Å². The number of ether oxygens (including phenoxy) is 1. The van der Waals surface area contributed by atoms with E-state index >= 15 is 0 Å². The number of nitrogens with one attached hydrogen (secondary N) is 2.